The largest absolute Gasteiger partial charge is 0.349 e. The van der Waals surface area contributed by atoms with Gasteiger partial charge in [0.05, 0.1) is 11.3 Å². The Balaban J connectivity index is 2.63. The second kappa shape index (κ2) is 13.9. The Morgan fingerprint density at radius 1 is 0.857 bits per heavy atom. The van der Waals surface area contributed by atoms with Gasteiger partial charge in [-0.1, -0.05) is 70.4 Å². The molecule has 0 spiro atoms. The van der Waals surface area contributed by atoms with Crippen molar-refractivity contribution < 1.29 is 14.4 Å². The Hall–Kier alpha value is -2.17. The van der Waals surface area contributed by atoms with E-state index in [0.717, 1.165) is 50.5 Å². The third kappa shape index (κ3) is 9.16. The number of ketones is 1. The van der Waals surface area contributed by atoms with E-state index in [9.17, 15) is 14.4 Å². The predicted octanol–water partition coefficient (Wildman–Crippen LogP) is 5.17. The first-order valence-corrected chi connectivity index (χ1v) is 10.7. The van der Waals surface area contributed by atoms with E-state index in [1.807, 2.05) is 13.0 Å². The SMILES string of the molecule is CCCCCCCC(=O)Nc1ccc(C)cc1C(=O)C(=O)NCCCCCC. The summed E-state index contributed by atoms with van der Waals surface area (Å²) in [6.07, 6.45) is 9.92. The van der Waals surface area contributed by atoms with Gasteiger partial charge < -0.3 is 10.6 Å². The van der Waals surface area contributed by atoms with Gasteiger partial charge in [-0.05, 0) is 31.9 Å². The van der Waals surface area contributed by atoms with Crippen LogP contribution < -0.4 is 10.6 Å². The number of benzene rings is 1. The molecule has 0 saturated heterocycles. The van der Waals surface area contributed by atoms with Crippen molar-refractivity contribution >= 4 is 23.3 Å². The summed E-state index contributed by atoms with van der Waals surface area (Å²) in [4.78, 5) is 37.0. The second-order valence-electron chi connectivity index (χ2n) is 7.41. The number of rotatable bonds is 14. The van der Waals surface area contributed by atoms with Gasteiger partial charge in [-0.15, -0.1) is 0 Å². The summed E-state index contributed by atoms with van der Waals surface area (Å²) in [7, 11) is 0. The molecule has 28 heavy (non-hydrogen) atoms. The minimum Gasteiger partial charge on any atom is -0.349 e. The first kappa shape index (κ1) is 23.9. The summed E-state index contributed by atoms with van der Waals surface area (Å²) in [5.41, 5.74) is 1.54. The van der Waals surface area contributed by atoms with Crippen LogP contribution in [0.1, 0.15) is 94.0 Å². The van der Waals surface area contributed by atoms with Gasteiger partial charge >= 0.3 is 0 Å². The topological polar surface area (TPSA) is 75.3 Å². The summed E-state index contributed by atoms with van der Waals surface area (Å²) in [6, 6.07) is 5.19. The van der Waals surface area contributed by atoms with Gasteiger partial charge in [-0.3, -0.25) is 14.4 Å². The highest BCUT2D eigenvalue weighted by Gasteiger charge is 2.20. The molecule has 1 aromatic rings. The molecule has 0 fully saturated rings. The average molecular weight is 389 g/mol. The lowest BCUT2D eigenvalue weighted by atomic mass is 10.0. The van der Waals surface area contributed by atoms with Gasteiger partial charge in [0.25, 0.3) is 11.7 Å². The highest BCUT2D eigenvalue weighted by Crippen LogP contribution is 2.19. The van der Waals surface area contributed by atoms with Gasteiger partial charge in [-0.25, -0.2) is 0 Å². The smallest absolute Gasteiger partial charge is 0.292 e. The number of carbonyl (C=O) groups is 3. The normalized spacial score (nSPS) is 10.5. The van der Waals surface area contributed by atoms with Crippen molar-refractivity contribution in [3.63, 3.8) is 0 Å². The van der Waals surface area contributed by atoms with E-state index in [-0.39, 0.29) is 11.5 Å². The number of anilines is 1. The zero-order chi connectivity index (χ0) is 20.8. The summed E-state index contributed by atoms with van der Waals surface area (Å²) in [5, 5.41) is 5.50. The van der Waals surface area contributed by atoms with Crippen LogP contribution >= 0.6 is 0 Å². The maximum absolute atomic E-state index is 12.6. The molecule has 0 aliphatic carbocycles. The van der Waals surface area contributed by atoms with E-state index in [2.05, 4.69) is 24.5 Å². The molecular formula is C23H36N2O3. The van der Waals surface area contributed by atoms with Gasteiger partial charge in [0.1, 0.15) is 0 Å². The molecule has 0 atom stereocenters. The van der Waals surface area contributed by atoms with E-state index in [1.165, 1.54) is 12.8 Å². The fourth-order valence-corrected chi connectivity index (χ4v) is 3.01. The van der Waals surface area contributed by atoms with Crippen molar-refractivity contribution in [1.29, 1.82) is 0 Å². The maximum Gasteiger partial charge on any atom is 0.292 e. The standard InChI is InChI=1S/C23H36N2O3/c1-4-6-8-10-11-13-21(26)25-20-15-14-18(3)17-19(20)22(27)23(28)24-16-12-9-7-5-2/h14-15,17H,4-13,16H2,1-3H3,(H,24,28)(H,25,26). The Morgan fingerprint density at radius 3 is 2.18 bits per heavy atom. The van der Waals surface area contributed by atoms with E-state index in [0.29, 0.717) is 18.7 Å². The molecule has 5 nitrogen and oxygen atoms in total. The molecule has 0 unspecified atom stereocenters. The molecule has 0 aliphatic heterocycles. The van der Waals surface area contributed by atoms with Crippen molar-refractivity contribution in [2.24, 2.45) is 0 Å². The third-order valence-electron chi connectivity index (χ3n) is 4.72. The molecule has 0 radical (unpaired) electrons. The lowest BCUT2D eigenvalue weighted by Crippen LogP contribution is -2.32. The summed E-state index contributed by atoms with van der Waals surface area (Å²) < 4.78 is 0. The molecule has 2 N–H and O–H groups in total. The van der Waals surface area contributed by atoms with Gasteiger partial charge in [0.15, 0.2) is 0 Å². The Morgan fingerprint density at radius 2 is 1.50 bits per heavy atom. The molecule has 0 saturated carbocycles. The first-order chi connectivity index (χ1) is 13.5. The van der Waals surface area contributed by atoms with Crippen molar-refractivity contribution in [3.05, 3.63) is 29.3 Å². The number of Topliss-reactive ketones (excluding diaryl/α,β-unsaturated/α-hetero) is 1. The number of nitrogens with one attached hydrogen (secondary N) is 2. The van der Waals surface area contributed by atoms with Crippen molar-refractivity contribution in [3.8, 4) is 0 Å². The molecule has 0 aromatic heterocycles. The number of hydrogen-bond donors (Lipinski definition) is 2. The van der Waals surface area contributed by atoms with Crippen LogP contribution in [0.3, 0.4) is 0 Å². The van der Waals surface area contributed by atoms with E-state index in [4.69, 9.17) is 0 Å². The molecule has 2 amide bonds. The monoisotopic (exact) mass is 388 g/mol. The van der Waals surface area contributed by atoms with Crippen LogP contribution in [0.4, 0.5) is 5.69 Å². The number of unbranched alkanes of at least 4 members (excludes halogenated alkanes) is 7. The first-order valence-electron chi connectivity index (χ1n) is 10.7. The Kier molecular flexibility index (Phi) is 11.9. The number of hydrogen-bond acceptors (Lipinski definition) is 3. The molecule has 1 aromatic carbocycles. The molecule has 0 bridgehead atoms. The van der Waals surface area contributed by atoms with Crippen molar-refractivity contribution in [1.82, 2.24) is 5.32 Å². The molecule has 156 valence electrons. The average Bonchev–Trinajstić information content (AvgIpc) is 2.68. The van der Waals surface area contributed by atoms with Crippen LogP contribution in [-0.2, 0) is 9.59 Å². The lowest BCUT2D eigenvalue weighted by molar-refractivity contribution is -0.117. The molecule has 0 aliphatic rings. The second-order valence-corrected chi connectivity index (χ2v) is 7.41. The van der Waals surface area contributed by atoms with E-state index >= 15 is 0 Å². The zero-order valence-corrected chi connectivity index (χ0v) is 17.7. The van der Waals surface area contributed by atoms with Gasteiger partial charge in [0.2, 0.25) is 5.91 Å². The number of carbonyl (C=O) groups excluding carboxylic acids is 3. The Labute approximate surface area is 169 Å². The van der Waals surface area contributed by atoms with Crippen LogP contribution in [0, 0.1) is 6.92 Å². The van der Waals surface area contributed by atoms with Crippen LogP contribution in [-0.4, -0.2) is 24.1 Å². The predicted molar refractivity (Wildman–Crippen MR) is 115 cm³/mol. The van der Waals surface area contributed by atoms with Crippen LogP contribution in [0.5, 0.6) is 0 Å². The van der Waals surface area contributed by atoms with Crippen molar-refractivity contribution in [2.75, 3.05) is 11.9 Å². The van der Waals surface area contributed by atoms with Crippen LogP contribution in [0.15, 0.2) is 18.2 Å². The lowest BCUT2D eigenvalue weighted by Gasteiger charge is -2.12. The Bertz CT molecular complexity index is 641. The summed E-state index contributed by atoms with van der Waals surface area (Å²) >= 11 is 0. The number of amides is 2. The fraction of sp³-hybridized carbons (Fsp3) is 0.609. The molecule has 5 heteroatoms. The van der Waals surface area contributed by atoms with Crippen molar-refractivity contribution in [2.45, 2.75) is 85.0 Å². The zero-order valence-electron chi connectivity index (χ0n) is 17.7. The van der Waals surface area contributed by atoms with Crippen LogP contribution in [0.2, 0.25) is 0 Å². The maximum atomic E-state index is 12.6. The minimum absolute atomic E-state index is 0.116. The van der Waals surface area contributed by atoms with Gasteiger partial charge in [-0.2, -0.15) is 0 Å². The van der Waals surface area contributed by atoms with E-state index < -0.39 is 11.7 Å². The molecule has 1 rings (SSSR count). The summed E-state index contributed by atoms with van der Waals surface area (Å²) in [5.74, 6) is -1.33. The number of aryl methyl sites for hydroxylation is 1. The molecular weight excluding hydrogens is 352 g/mol. The quantitative estimate of drug-likeness (QED) is 0.262. The highest BCUT2D eigenvalue weighted by molar-refractivity contribution is 6.44. The summed E-state index contributed by atoms with van der Waals surface area (Å²) in [6.45, 7) is 6.64. The van der Waals surface area contributed by atoms with Gasteiger partial charge in [0, 0.05) is 13.0 Å². The minimum atomic E-state index is -0.614. The molecule has 0 heterocycles. The third-order valence-corrected chi connectivity index (χ3v) is 4.72. The fourth-order valence-electron chi connectivity index (χ4n) is 3.01. The van der Waals surface area contributed by atoms with Crippen LogP contribution in [0.25, 0.3) is 0 Å². The van der Waals surface area contributed by atoms with E-state index in [1.54, 1.807) is 12.1 Å². The highest BCUT2D eigenvalue weighted by atomic mass is 16.2.